The van der Waals surface area contributed by atoms with Gasteiger partial charge in [-0.25, -0.2) is 0 Å². The summed E-state index contributed by atoms with van der Waals surface area (Å²) < 4.78 is 11.2. The Labute approximate surface area is 188 Å². The van der Waals surface area contributed by atoms with Crippen LogP contribution in [0.2, 0.25) is 10.0 Å². The Bertz CT molecular complexity index is 726. The predicted octanol–water partition coefficient (Wildman–Crippen LogP) is 4.00. The van der Waals surface area contributed by atoms with Crippen molar-refractivity contribution in [3.05, 3.63) is 57.6 Å². The highest BCUT2D eigenvalue weighted by molar-refractivity contribution is 6.31. The number of ether oxygens (including phenoxy) is 2. The van der Waals surface area contributed by atoms with Gasteiger partial charge in [0, 0.05) is 47.4 Å². The van der Waals surface area contributed by atoms with Gasteiger partial charge in [-0.15, -0.1) is 0 Å². The molecule has 0 saturated heterocycles. The summed E-state index contributed by atoms with van der Waals surface area (Å²) in [5, 5.41) is 21.0. The number of halogens is 2. The lowest BCUT2D eigenvalue weighted by Gasteiger charge is -2.18. The van der Waals surface area contributed by atoms with E-state index in [1.165, 1.54) is 0 Å². The third-order valence-corrected chi connectivity index (χ3v) is 5.04. The Morgan fingerprint density at radius 2 is 1.10 bits per heavy atom. The lowest BCUT2D eigenvalue weighted by Crippen LogP contribution is -2.25. The third-order valence-electron chi connectivity index (χ3n) is 4.57. The fraction of sp³-hybridized carbons (Fsp3) is 0.455. The molecule has 2 rings (SSSR count). The molecule has 0 atom stereocenters. The summed E-state index contributed by atoms with van der Waals surface area (Å²) in [6.07, 6.45) is 0. The van der Waals surface area contributed by atoms with E-state index in [1.54, 1.807) is 36.4 Å². The smallest absolute Gasteiger partial charge is 0.120 e. The first-order valence-corrected chi connectivity index (χ1v) is 10.6. The molecule has 166 valence electrons. The Kier molecular flexibility index (Phi) is 10.7. The average molecular weight is 457 g/mol. The molecule has 0 aliphatic rings. The summed E-state index contributed by atoms with van der Waals surface area (Å²) >= 11 is 11.9. The van der Waals surface area contributed by atoms with Gasteiger partial charge in [0.05, 0.1) is 26.4 Å². The summed E-state index contributed by atoms with van der Waals surface area (Å²) in [6, 6.07) is 10.1. The van der Waals surface area contributed by atoms with Crippen LogP contribution in [0.5, 0.6) is 11.5 Å². The number of benzene rings is 2. The van der Waals surface area contributed by atoms with Crippen molar-refractivity contribution in [3.8, 4) is 11.5 Å². The molecule has 30 heavy (non-hydrogen) atoms. The van der Waals surface area contributed by atoms with Gasteiger partial charge < -0.3 is 19.7 Å². The molecule has 0 heterocycles. The molecule has 0 aliphatic carbocycles. The largest absolute Gasteiger partial charge is 0.508 e. The van der Waals surface area contributed by atoms with E-state index in [0.29, 0.717) is 49.6 Å². The van der Waals surface area contributed by atoms with Crippen LogP contribution in [0.3, 0.4) is 0 Å². The summed E-state index contributed by atoms with van der Waals surface area (Å²) in [5.74, 6) is 0.493. The molecular formula is C22H30Cl2N2O4. The first-order valence-electron chi connectivity index (χ1n) is 9.82. The van der Waals surface area contributed by atoms with Crippen LogP contribution >= 0.6 is 23.2 Å². The number of rotatable bonds is 13. The summed E-state index contributed by atoms with van der Waals surface area (Å²) in [4.78, 5) is 4.12. The zero-order valence-electron chi connectivity index (χ0n) is 17.5. The molecule has 0 aromatic heterocycles. The van der Waals surface area contributed by atoms with Gasteiger partial charge >= 0.3 is 0 Å². The maximum Gasteiger partial charge on any atom is 0.120 e. The molecule has 6 nitrogen and oxygen atoms in total. The number of hydrogen-bond acceptors (Lipinski definition) is 6. The third kappa shape index (κ3) is 9.08. The second-order valence-corrected chi connectivity index (χ2v) is 8.12. The maximum absolute atomic E-state index is 9.87. The number of nitrogens with zero attached hydrogens (tertiary/aromatic N) is 2. The highest BCUT2D eigenvalue weighted by atomic mass is 35.5. The zero-order valence-corrected chi connectivity index (χ0v) is 19.0. The number of phenols is 2. The number of phenolic OH excluding ortho intramolecular Hbond substituents is 2. The summed E-state index contributed by atoms with van der Waals surface area (Å²) in [6.45, 7) is 4.87. The first-order chi connectivity index (χ1) is 14.3. The van der Waals surface area contributed by atoms with Crippen molar-refractivity contribution in [3.63, 3.8) is 0 Å². The van der Waals surface area contributed by atoms with Gasteiger partial charge in [0.1, 0.15) is 11.5 Å². The molecule has 0 saturated carbocycles. The highest BCUT2D eigenvalue weighted by Gasteiger charge is 2.07. The van der Waals surface area contributed by atoms with Crippen LogP contribution < -0.4 is 0 Å². The van der Waals surface area contributed by atoms with Crippen LogP contribution in [0.15, 0.2) is 36.4 Å². The Balaban J connectivity index is 1.51. The molecular weight excluding hydrogens is 427 g/mol. The van der Waals surface area contributed by atoms with E-state index in [2.05, 4.69) is 9.80 Å². The molecule has 2 aromatic carbocycles. The lowest BCUT2D eigenvalue weighted by atomic mass is 10.2. The van der Waals surface area contributed by atoms with Crippen LogP contribution in [-0.4, -0.2) is 73.6 Å². The number of hydrogen-bond donors (Lipinski definition) is 2. The van der Waals surface area contributed by atoms with Gasteiger partial charge in [0.15, 0.2) is 0 Å². The van der Waals surface area contributed by atoms with Crippen LogP contribution in [-0.2, 0) is 22.6 Å². The van der Waals surface area contributed by atoms with E-state index in [4.69, 9.17) is 32.7 Å². The second-order valence-electron chi connectivity index (χ2n) is 7.25. The average Bonchev–Trinajstić information content (AvgIpc) is 2.69. The molecule has 0 aliphatic heterocycles. The van der Waals surface area contributed by atoms with Crippen LogP contribution in [0.4, 0.5) is 0 Å². The first kappa shape index (κ1) is 24.7. The van der Waals surface area contributed by atoms with E-state index >= 15 is 0 Å². The van der Waals surface area contributed by atoms with E-state index in [1.807, 2.05) is 14.1 Å². The van der Waals surface area contributed by atoms with Gasteiger partial charge in [-0.3, -0.25) is 9.80 Å². The summed E-state index contributed by atoms with van der Waals surface area (Å²) in [7, 11) is 3.93. The Morgan fingerprint density at radius 1 is 0.700 bits per heavy atom. The van der Waals surface area contributed by atoms with Crippen molar-refractivity contribution in [1.82, 2.24) is 9.80 Å². The van der Waals surface area contributed by atoms with E-state index in [-0.39, 0.29) is 11.5 Å². The van der Waals surface area contributed by atoms with Crippen molar-refractivity contribution < 1.29 is 19.7 Å². The lowest BCUT2D eigenvalue weighted by molar-refractivity contribution is 0.0339. The van der Waals surface area contributed by atoms with Crippen molar-refractivity contribution in [1.29, 1.82) is 0 Å². The number of likely N-dealkylation sites (N-methyl/N-ethyl adjacent to an activating group) is 2. The molecule has 2 aromatic rings. The normalized spacial score (nSPS) is 11.5. The molecule has 0 amide bonds. The van der Waals surface area contributed by atoms with Crippen molar-refractivity contribution in [2.45, 2.75) is 13.1 Å². The molecule has 0 unspecified atom stereocenters. The Hall–Kier alpha value is -1.54. The molecule has 0 bridgehead atoms. The SMILES string of the molecule is CN(CCOCCOCCN(C)Cc1cc(Cl)ccc1O)Cc1cc(Cl)ccc1O. The van der Waals surface area contributed by atoms with Gasteiger partial charge in [-0.2, -0.15) is 0 Å². The minimum atomic E-state index is 0.246. The number of aromatic hydroxyl groups is 2. The van der Waals surface area contributed by atoms with Gasteiger partial charge in [-0.05, 0) is 50.5 Å². The minimum Gasteiger partial charge on any atom is -0.508 e. The zero-order chi connectivity index (χ0) is 21.9. The molecule has 2 N–H and O–H groups in total. The van der Waals surface area contributed by atoms with Gasteiger partial charge in [0.25, 0.3) is 0 Å². The highest BCUT2D eigenvalue weighted by Crippen LogP contribution is 2.23. The quantitative estimate of drug-likeness (QED) is 0.444. The van der Waals surface area contributed by atoms with Gasteiger partial charge in [-0.1, -0.05) is 23.2 Å². The van der Waals surface area contributed by atoms with Crippen LogP contribution in [0, 0.1) is 0 Å². The van der Waals surface area contributed by atoms with E-state index in [0.717, 1.165) is 24.2 Å². The monoisotopic (exact) mass is 456 g/mol. The van der Waals surface area contributed by atoms with Gasteiger partial charge in [0.2, 0.25) is 0 Å². The van der Waals surface area contributed by atoms with Crippen LogP contribution in [0.1, 0.15) is 11.1 Å². The molecule has 8 heteroatoms. The van der Waals surface area contributed by atoms with Crippen LogP contribution in [0.25, 0.3) is 0 Å². The predicted molar refractivity (Wildman–Crippen MR) is 121 cm³/mol. The van der Waals surface area contributed by atoms with E-state index in [9.17, 15) is 10.2 Å². The minimum absolute atomic E-state index is 0.246. The molecule has 0 radical (unpaired) electrons. The standard InChI is InChI=1S/C22H30Cl2N2O4/c1-25(15-17-13-19(23)3-5-21(17)27)7-9-29-11-12-30-10-8-26(2)16-18-14-20(24)4-6-22(18)28/h3-6,13-14,27-28H,7-12,15-16H2,1-2H3. The topological polar surface area (TPSA) is 65.4 Å². The maximum atomic E-state index is 9.87. The molecule has 0 fully saturated rings. The fourth-order valence-electron chi connectivity index (χ4n) is 2.86. The molecule has 0 spiro atoms. The van der Waals surface area contributed by atoms with Crippen molar-refractivity contribution in [2.24, 2.45) is 0 Å². The van der Waals surface area contributed by atoms with Crippen molar-refractivity contribution in [2.75, 3.05) is 53.6 Å². The van der Waals surface area contributed by atoms with Crippen molar-refractivity contribution >= 4 is 23.2 Å². The fourth-order valence-corrected chi connectivity index (χ4v) is 3.25. The van der Waals surface area contributed by atoms with E-state index < -0.39 is 0 Å². The second kappa shape index (κ2) is 13.0. The Morgan fingerprint density at radius 3 is 1.50 bits per heavy atom. The summed E-state index contributed by atoms with van der Waals surface area (Å²) in [5.41, 5.74) is 1.59.